The van der Waals surface area contributed by atoms with Gasteiger partial charge in [0, 0.05) is 76.3 Å². The lowest BCUT2D eigenvalue weighted by atomic mass is 9.88. The third-order valence-corrected chi connectivity index (χ3v) is 10.9. The van der Waals surface area contributed by atoms with Crippen LogP contribution in [-0.4, -0.2) is 52.5 Å². The summed E-state index contributed by atoms with van der Waals surface area (Å²) in [5, 5.41) is 6.47. The molecule has 2 aromatic heterocycles. The maximum Gasteiger partial charge on any atom is 0.354 e. The molecule has 1 aliphatic carbocycles. The molecule has 2 N–H and O–H groups in total. The second kappa shape index (κ2) is 14.2. The number of carbonyl (C=O) groups is 1. The largest absolute Gasteiger partial charge is 0.493 e. The number of esters is 1. The number of aryl methyl sites for hydroxylation is 5. The monoisotopic (exact) mass is 673 g/mol. The number of allylic oxidation sites excluding steroid dienone is 1. The summed E-state index contributed by atoms with van der Waals surface area (Å²) in [6.07, 6.45) is 8.91. The minimum Gasteiger partial charge on any atom is -0.493 e. The van der Waals surface area contributed by atoms with Crippen LogP contribution in [-0.2, 0) is 43.3 Å². The van der Waals surface area contributed by atoms with Gasteiger partial charge < -0.3 is 19.8 Å². The van der Waals surface area contributed by atoms with Gasteiger partial charge in [-0.15, -0.1) is 11.8 Å². The van der Waals surface area contributed by atoms with Gasteiger partial charge in [0.25, 0.3) is 0 Å². The Kier molecular flexibility index (Phi) is 10.0. The van der Waals surface area contributed by atoms with Crippen molar-refractivity contribution in [3.8, 4) is 16.9 Å². The Morgan fingerprint density at radius 1 is 1.09 bits per heavy atom. The molecule has 0 amide bonds. The van der Waals surface area contributed by atoms with Crippen molar-refractivity contribution in [1.82, 2.24) is 14.3 Å². The molecule has 1 aliphatic heterocycles. The normalized spacial score (nSPS) is 17.1. The molecular weight excluding hydrogens is 630 g/mol. The van der Waals surface area contributed by atoms with Crippen LogP contribution in [0.4, 0.5) is 0 Å². The number of hydrogen-bond donors (Lipinski definition) is 1. The van der Waals surface area contributed by atoms with Crippen LogP contribution in [0.3, 0.4) is 0 Å². The number of ether oxygens (including phenoxy) is 2. The van der Waals surface area contributed by atoms with E-state index in [0.717, 1.165) is 81.8 Å². The van der Waals surface area contributed by atoms with Gasteiger partial charge in [-0.3, -0.25) is 9.67 Å². The number of aromatic nitrogens is 3. The number of hydrogen-bond acceptors (Lipinski definition) is 7. The van der Waals surface area contributed by atoms with Gasteiger partial charge in [0.05, 0.1) is 19.4 Å². The molecule has 3 heterocycles. The molecule has 8 nitrogen and oxygen atoms in total. The van der Waals surface area contributed by atoms with Gasteiger partial charge >= 0.3 is 5.97 Å². The van der Waals surface area contributed by atoms with Crippen molar-refractivity contribution in [2.75, 3.05) is 26.5 Å². The van der Waals surface area contributed by atoms with E-state index in [1.54, 1.807) is 11.8 Å². The number of fused-ring (bicyclic) bond motifs is 6. The number of halogens is 1. The molecular formula is C37H44ClN5O3S. The number of nitrogens with two attached hydrogens (primary N) is 1. The van der Waals surface area contributed by atoms with Crippen LogP contribution in [0.15, 0.2) is 41.0 Å². The molecule has 2 aromatic carbocycles. The average Bonchev–Trinajstić information content (AvgIpc) is 3.51. The van der Waals surface area contributed by atoms with Crippen molar-refractivity contribution in [2.45, 2.75) is 71.1 Å². The third kappa shape index (κ3) is 6.57. The number of benzene rings is 2. The van der Waals surface area contributed by atoms with E-state index >= 15 is 0 Å². The highest BCUT2D eigenvalue weighted by Crippen LogP contribution is 2.43. The van der Waals surface area contributed by atoms with Gasteiger partial charge in [0.1, 0.15) is 11.4 Å². The Balaban J connectivity index is 1.47. The predicted octanol–water partition coefficient (Wildman–Crippen LogP) is 7.54. The summed E-state index contributed by atoms with van der Waals surface area (Å²) in [7, 11) is 5.22. The summed E-state index contributed by atoms with van der Waals surface area (Å²) >= 11 is 8.75. The van der Waals surface area contributed by atoms with Crippen LogP contribution in [0.1, 0.15) is 69.8 Å². The fourth-order valence-corrected chi connectivity index (χ4v) is 8.23. The lowest BCUT2D eigenvalue weighted by molar-refractivity contribution is 0.0587. The molecule has 2 aliphatic rings. The molecule has 248 valence electrons. The summed E-state index contributed by atoms with van der Waals surface area (Å²) in [6.45, 7) is 5.16. The van der Waals surface area contributed by atoms with E-state index in [0.29, 0.717) is 41.8 Å². The van der Waals surface area contributed by atoms with Crippen molar-refractivity contribution >= 4 is 45.9 Å². The number of aliphatic imine (C=N–C) groups is 1. The first-order valence-corrected chi connectivity index (χ1v) is 17.9. The van der Waals surface area contributed by atoms with E-state index in [4.69, 9.17) is 31.9 Å². The summed E-state index contributed by atoms with van der Waals surface area (Å²) in [5.41, 5.74) is 18.4. The van der Waals surface area contributed by atoms with Gasteiger partial charge in [-0.25, -0.2) is 4.79 Å². The molecule has 6 rings (SSSR count). The molecule has 0 radical (unpaired) electrons. The number of thioether (sulfide) groups is 1. The lowest BCUT2D eigenvalue weighted by Gasteiger charge is -2.21. The molecule has 0 saturated heterocycles. The lowest BCUT2D eigenvalue weighted by Crippen LogP contribution is -2.14. The molecule has 0 atom stereocenters. The second-order valence-corrected chi connectivity index (χ2v) is 13.9. The van der Waals surface area contributed by atoms with Gasteiger partial charge in [-0.2, -0.15) is 5.10 Å². The van der Waals surface area contributed by atoms with E-state index in [-0.39, 0.29) is 5.97 Å². The van der Waals surface area contributed by atoms with Crippen LogP contribution in [0.2, 0.25) is 5.02 Å². The van der Waals surface area contributed by atoms with E-state index < -0.39 is 0 Å². The van der Waals surface area contributed by atoms with Crippen molar-refractivity contribution in [3.05, 3.63) is 80.4 Å². The van der Waals surface area contributed by atoms with Gasteiger partial charge in [-0.05, 0) is 105 Å². The van der Waals surface area contributed by atoms with Crippen LogP contribution >= 0.6 is 23.4 Å². The Morgan fingerprint density at radius 2 is 1.89 bits per heavy atom. The topological polar surface area (TPSA) is 96.7 Å². The van der Waals surface area contributed by atoms with E-state index in [9.17, 15) is 4.79 Å². The van der Waals surface area contributed by atoms with E-state index in [1.807, 2.05) is 43.9 Å². The molecule has 0 fully saturated rings. The van der Waals surface area contributed by atoms with E-state index in [1.165, 1.54) is 36.6 Å². The van der Waals surface area contributed by atoms with Crippen LogP contribution in [0, 0.1) is 13.8 Å². The number of nitrogens with zero attached hydrogens (tertiary/aromatic N) is 4. The summed E-state index contributed by atoms with van der Waals surface area (Å²) in [4.78, 5) is 17.9. The first-order valence-electron chi connectivity index (χ1n) is 16.4. The van der Waals surface area contributed by atoms with Crippen molar-refractivity contribution < 1.29 is 14.3 Å². The van der Waals surface area contributed by atoms with Crippen molar-refractivity contribution in [3.63, 3.8) is 0 Å². The quantitative estimate of drug-likeness (QED) is 0.210. The van der Waals surface area contributed by atoms with Crippen molar-refractivity contribution in [2.24, 2.45) is 17.8 Å². The minimum absolute atomic E-state index is 0.367. The predicted molar refractivity (Wildman–Crippen MR) is 193 cm³/mol. The molecule has 47 heavy (non-hydrogen) atoms. The minimum atomic E-state index is -0.367. The van der Waals surface area contributed by atoms with Gasteiger partial charge in [0.2, 0.25) is 0 Å². The molecule has 0 spiro atoms. The second-order valence-electron chi connectivity index (χ2n) is 12.5. The third-order valence-electron chi connectivity index (χ3n) is 9.54. The molecule has 0 unspecified atom stereocenters. The maximum atomic E-state index is 13.3. The number of methoxy groups -OCH3 is 1. The fourth-order valence-electron chi connectivity index (χ4n) is 7.16. The first kappa shape index (κ1) is 33.2. The average molecular weight is 674 g/mol. The zero-order valence-corrected chi connectivity index (χ0v) is 29.6. The van der Waals surface area contributed by atoms with Gasteiger partial charge in [0.15, 0.2) is 0 Å². The summed E-state index contributed by atoms with van der Waals surface area (Å²) in [5.74, 6) is 1.91. The zero-order chi connectivity index (χ0) is 33.2. The molecule has 6 bridgehead atoms. The Labute approximate surface area is 286 Å². The zero-order valence-electron chi connectivity index (χ0n) is 28.0. The fraction of sp³-hybridized carbons (Fsp3) is 0.432. The first-order chi connectivity index (χ1) is 22.7. The smallest absolute Gasteiger partial charge is 0.354 e. The molecule has 4 aromatic rings. The van der Waals surface area contributed by atoms with Crippen LogP contribution < -0.4 is 10.5 Å². The Hall–Kier alpha value is -3.69. The summed E-state index contributed by atoms with van der Waals surface area (Å²) < 4.78 is 15.8. The highest BCUT2D eigenvalue weighted by atomic mass is 35.5. The van der Waals surface area contributed by atoms with Gasteiger partial charge in [-0.1, -0.05) is 17.7 Å². The standard InChI is InChI=1S/C37H44ClN5O3S/c1-22-33-31-14-13-29(38)35(33)34-23(2)42(4)41-30(34)21-47-20-26(39)19-27(40-3)12-11-24-17-25-9-6-7-10-28(25)32(18-24)46-16-8-15-43(31)36(22)37(44)45-5/h13-14,17-19H,6-12,15-16,20-21,39H2,1-5H3. The molecule has 0 saturated carbocycles. The highest BCUT2D eigenvalue weighted by molar-refractivity contribution is 7.98. The highest BCUT2D eigenvalue weighted by Gasteiger charge is 2.27. The van der Waals surface area contributed by atoms with E-state index in [2.05, 4.69) is 28.6 Å². The SMILES string of the molecule is CN=C1C=C(N)CSCc2nn(C)c(C)c2-c2c(Cl)ccc3c2c(C)c(C(=O)OC)n3CCCOc2cc(cc3c2CCCC3)CC1. The van der Waals surface area contributed by atoms with Crippen LogP contribution in [0.5, 0.6) is 5.75 Å². The van der Waals surface area contributed by atoms with Crippen LogP contribution in [0.25, 0.3) is 22.0 Å². The number of carbonyl (C=O) groups excluding carboxylic acids is 1. The Bertz CT molecular complexity index is 1900. The maximum absolute atomic E-state index is 13.3. The summed E-state index contributed by atoms with van der Waals surface area (Å²) in [6, 6.07) is 8.52. The molecule has 10 heteroatoms. The Morgan fingerprint density at radius 3 is 2.68 bits per heavy atom. The van der Waals surface area contributed by atoms with Crippen molar-refractivity contribution in [1.29, 1.82) is 0 Å². The number of rotatable bonds is 1.